The number of nitrogens with one attached hydrogen (secondary N) is 2. The molecular weight excluding hydrogens is 542 g/mol. The van der Waals surface area contributed by atoms with Gasteiger partial charge >= 0.3 is 6.09 Å². The Kier molecular flexibility index (Phi) is 6.97. The molecule has 2 saturated heterocycles. The second kappa shape index (κ2) is 10.4. The Labute approximate surface area is 243 Å². The SMILES string of the molecule is Cc1ccc2c(N)c(C(=O)N[C@H]3COc4cc(N5C[C@H](NC(=O)OC(C)(C)C)[C@@]6(CCOC6)C5)ccc4C3)sc2n1. The summed E-state index contributed by atoms with van der Waals surface area (Å²) in [5.74, 6) is 0.607. The molecule has 2 aromatic heterocycles. The van der Waals surface area contributed by atoms with Crippen molar-refractivity contribution in [3.63, 3.8) is 0 Å². The van der Waals surface area contributed by atoms with Gasteiger partial charge in [0.05, 0.1) is 24.4 Å². The van der Waals surface area contributed by atoms with Gasteiger partial charge < -0.3 is 35.5 Å². The summed E-state index contributed by atoms with van der Waals surface area (Å²) in [4.78, 5) is 33.8. The van der Waals surface area contributed by atoms with E-state index in [1.165, 1.54) is 11.3 Å². The van der Waals surface area contributed by atoms with Crippen molar-refractivity contribution in [2.75, 3.05) is 43.5 Å². The molecule has 0 aliphatic carbocycles. The van der Waals surface area contributed by atoms with Gasteiger partial charge in [0.25, 0.3) is 5.91 Å². The van der Waals surface area contributed by atoms with Gasteiger partial charge in [-0.15, -0.1) is 11.3 Å². The normalized spacial score (nSPS) is 23.9. The maximum Gasteiger partial charge on any atom is 0.407 e. The first-order valence-electron chi connectivity index (χ1n) is 14.0. The topological polar surface area (TPSA) is 128 Å². The largest absolute Gasteiger partial charge is 0.491 e. The van der Waals surface area contributed by atoms with Gasteiger partial charge in [0.1, 0.15) is 27.7 Å². The Hall–Kier alpha value is -3.57. The number of thiophene rings is 1. The first kappa shape index (κ1) is 27.6. The molecule has 1 aromatic carbocycles. The number of aromatic nitrogens is 1. The number of nitrogens with zero attached hydrogens (tertiary/aromatic N) is 2. The molecule has 4 N–H and O–H groups in total. The molecule has 3 aromatic rings. The number of fused-ring (bicyclic) bond motifs is 2. The maximum absolute atomic E-state index is 13.1. The molecule has 3 aliphatic rings. The molecule has 5 heterocycles. The zero-order chi connectivity index (χ0) is 28.9. The summed E-state index contributed by atoms with van der Waals surface area (Å²) in [6, 6.07) is 9.76. The fraction of sp³-hybridized carbons (Fsp3) is 0.500. The number of rotatable bonds is 4. The molecule has 0 bridgehead atoms. The van der Waals surface area contributed by atoms with Crippen LogP contribution < -0.4 is 26.0 Å². The first-order chi connectivity index (χ1) is 19.5. The van der Waals surface area contributed by atoms with Crippen molar-refractivity contribution in [2.45, 2.75) is 58.2 Å². The van der Waals surface area contributed by atoms with Crippen molar-refractivity contribution in [3.05, 3.63) is 46.5 Å². The predicted octanol–water partition coefficient (Wildman–Crippen LogP) is 4.04. The average Bonchev–Trinajstić information content (AvgIpc) is 3.61. The number of nitrogens with two attached hydrogens (primary N) is 1. The number of anilines is 2. The van der Waals surface area contributed by atoms with Crippen LogP contribution in [-0.4, -0.2) is 67.6 Å². The minimum Gasteiger partial charge on any atom is -0.491 e. The van der Waals surface area contributed by atoms with E-state index < -0.39 is 11.7 Å². The Morgan fingerprint density at radius 3 is 2.80 bits per heavy atom. The van der Waals surface area contributed by atoms with Gasteiger partial charge in [-0.25, -0.2) is 9.78 Å². The van der Waals surface area contributed by atoms with Gasteiger partial charge in [0.2, 0.25) is 0 Å². The highest BCUT2D eigenvalue weighted by Gasteiger charge is 2.50. The summed E-state index contributed by atoms with van der Waals surface area (Å²) >= 11 is 1.31. The summed E-state index contributed by atoms with van der Waals surface area (Å²) in [6.45, 7) is 10.6. The summed E-state index contributed by atoms with van der Waals surface area (Å²) in [5.41, 5.74) is 8.99. The third-order valence-electron chi connectivity index (χ3n) is 8.07. The smallest absolute Gasteiger partial charge is 0.407 e. The van der Waals surface area contributed by atoms with E-state index in [1.807, 2.05) is 39.8 Å². The lowest BCUT2D eigenvalue weighted by molar-refractivity contribution is 0.0461. The van der Waals surface area contributed by atoms with Gasteiger partial charge in [-0.3, -0.25) is 4.79 Å². The number of amides is 2. The number of carbonyl (C=O) groups excluding carboxylic acids is 2. The molecule has 6 rings (SSSR count). The molecule has 3 atom stereocenters. The predicted molar refractivity (Wildman–Crippen MR) is 159 cm³/mol. The third-order valence-corrected chi connectivity index (χ3v) is 9.18. The number of hydrogen-bond acceptors (Lipinski definition) is 9. The zero-order valence-electron chi connectivity index (χ0n) is 23.9. The summed E-state index contributed by atoms with van der Waals surface area (Å²) in [6.07, 6.45) is 1.14. The van der Waals surface area contributed by atoms with Gasteiger partial charge in [0.15, 0.2) is 0 Å². The van der Waals surface area contributed by atoms with Crippen molar-refractivity contribution in [2.24, 2.45) is 5.41 Å². The molecule has 0 radical (unpaired) electrons. The lowest BCUT2D eigenvalue weighted by atomic mass is 9.82. The molecule has 41 heavy (non-hydrogen) atoms. The lowest BCUT2D eigenvalue weighted by Crippen LogP contribution is -2.49. The van der Waals surface area contributed by atoms with Gasteiger partial charge in [0, 0.05) is 47.9 Å². The summed E-state index contributed by atoms with van der Waals surface area (Å²) < 4.78 is 17.5. The Bertz CT molecular complexity index is 1490. The van der Waals surface area contributed by atoms with E-state index in [1.54, 1.807) is 0 Å². The number of carbonyl (C=O) groups is 2. The second-order valence-electron chi connectivity index (χ2n) is 12.4. The maximum atomic E-state index is 13.1. The number of aryl methyl sites for hydroxylation is 1. The molecule has 2 fully saturated rings. The molecule has 0 unspecified atom stereocenters. The fourth-order valence-corrected chi connectivity index (χ4v) is 7.04. The van der Waals surface area contributed by atoms with E-state index in [0.717, 1.165) is 45.9 Å². The van der Waals surface area contributed by atoms with Crippen LogP contribution in [0.3, 0.4) is 0 Å². The first-order valence-corrected chi connectivity index (χ1v) is 14.9. The molecular formula is C30H37N5O5S. The monoisotopic (exact) mass is 579 g/mol. The van der Waals surface area contributed by atoms with Crippen molar-refractivity contribution >= 4 is 44.9 Å². The van der Waals surface area contributed by atoms with Crippen molar-refractivity contribution in [1.82, 2.24) is 15.6 Å². The van der Waals surface area contributed by atoms with Crippen molar-refractivity contribution in [1.29, 1.82) is 0 Å². The molecule has 0 saturated carbocycles. The van der Waals surface area contributed by atoms with E-state index in [4.69, 9.17) is 19.9 Å². The van der Waals surface area contributed by atoms with Crippen LogP contribution in [0.25, 0.3) is 10.2 Å². The van der Waals surface area contributed by atoms with Crippen LogP contribution in [0.5, 0.6) is 5.75 Å². The Morgan fingerprint density at radius 2 is 2.05 bits per heavy atom. The molecule has 218 valence electrons. The van der Waals surface area contributed by atoms with Crippen LogP contribution in [0.4, 0.5) is 16.2 Å². The van der Waals surface area contributed by atoms with Gasteiger partial charge in [-0.1, -0.05) is 6.07 Å². The highest BCUT2D eigenvalue weighted by atomic mass is 32.1. The van der Waals surface area contributed by atoms with Crippen LogP contribution >= 0.6 is 11.3 Å². The number of benzene rings is 1. The number of ether oxygens (including phenoxy) is 3. The Morgan fingerprint density at radius 1 is 1.22 bits per heavy atom. The zero-order valence-corrected chi connectivity index (χ0v) is 24.7. The number of pyridine rings is 1. The van der Waals surface area contributed by atoms with Gasteiger partial charge in [-0.05, 0) is 64.3 Å². The number of hydrogen-bond donors (Lipinski definition) is 3. The Balaban J connectivity index is 1.13. The lowest BCUT2D eigenvalue weighted by Gasteiger charge is -2.30. The molecule has 2 amide bonds. The van der Waals surface area contributed by atoms with E-state index >= 15 is 0 Å². The fourth-order valence-electron chi connectivity index (χ4n) is 6.00. The van der Waals surface area contributed by atoms with E-state index in [0.29, 0.717) is 43.4 Å². The van der Waals surface area contributed by atoms with Crippen molar-refractivity contribution in [3.8, 4) is 5.75 Å². The second-order valence-corrected chi connectivity index (χ2v) is 13.4. The molecule has 11 heteroatoms. The minimum atomic E-state index is -0.560. The van der Waals surface area contributed by atoms with Crippen LogP contribution in [0.2, 0.25) is 0 Å². The third kappa shape index (κ3) is 5.52. The van der Waals surface area contributed by atoms with Gasteiger partial charge in [-0.2, -0.15) is 0 Å². The highest BCUT2D eigenvalue weighted by molar-refractivity contribution is 7.21. The quantitative estimate of drug-likeness (QED) is 0.423. The van der Waals surface area contributed by atoms with Crippen LogP contribution in [-0.2, 0) is 15.9 Å². The van der Waals surface area contributed by atoms with Crippen LogP contribution in [0.15, 0.2) is 30.3 Å². The summed E-state index contributed by atoms with van der Waals surface area (Å²) in [7, 11) is 0. The van der Waals surface area contributed by atoms with Crippen LogP contribution in [0, 0.1) is 12.3 Å². The standard InChI is InChI=1S/C30H37N5O5S/c1-17-5-8-21-24(31)25(41-27(21)32-17)26(36)33-19-11-18-6-7-20(12-22(18)39-14-19)35-13-23(30(15-35)9-10-38-16-30)34-28(37)40-29(2,3)4/h5-8,12,19,23H,9-11,13-16,31H2,1-4H3,(H,33,36)(H,34,37)/t19-,23+,30+/m1/s1. The van der Waals surface area contributed by atoms with Crippen LogP contribution in [0.1, 0.15) is 48.1 Å². The molecule has 1 spiro atoms. The number of alkyl carbamates (subject to hydrolysis) is 1. The summed E-state index contributed by atoms with van der Waals surface area (Å²) in [5, 5.41) is 7.02. The molecule has 10 nitrogen and oxygen atoms in total. The van der Waals surface area contributed by atoms with E-state index in [9.17, 15) is 9.59 Å². The molecule has 3 aliphatic heterocycles. The minimum absolute atomic E-state index is 0.0863. The highest BCUT2D eigenvalue weighted by Crippen LogP contribution is 2.42. The van der Waals surface area contributed by atoms with E-state index in [-0.39, 0.29) is 23.4 Å². The number of nitrogen functional groups attached to an aromatic ring is 1. The van der Waals surface area contributed by atoms with Crippen molar-refractivity contribution < 1.29 is 23.8 Å². The van der Waals surface area contributed by atoms with E-state index in [2.05, 4.69) is 38.7 Å². The average molecular weight is 580 g/mol.